The van der Waals surface area contributed by atoms with Crippen molar-refractivity contribution in [2.45, 2.75) is 127 Å². The number of aliphatic hydroxyl groups excluding tert-OH is 1. The number of anilines is 5. The summed E-state index contributed by atoms with van der Waals surface area (Å²) in [5.74, 6) is -1.34. The van der Waals surface area contributed by atoms with E-state index in [4.69, 9.17) is 97.6 Å². The fourth-order valence-electron chi connectivity index (χ4n) is 14.5. The quantitative estimate of drug-likeness (QED) is 0.0227. The number of nitrogen functional groups attached to an aromatic ring is 5. The summed E-state index contributed by atoms with van der Waals surface area (Å²) in [5.41, 5.74) is 23.0. The number of phosphoric acid groups is 5. The second-order valence-electron chi connectivity index (χ2n) is 30.9. The van der Waals surface area contributed by atoms with E-state index in [-0.39, 0.29) is 93.6 Å². The number of imidazole rings is 5. The smallest absolute Gasteiger partial charge is 0.472 e. The lowest BCUT2D eigenvalue weighted by atomic mass is 10.2. The van der Waals surface area contributed by atoms with Crippen LogP contribution in [0.2, 0.25) is 0 Å². The highest BCUT2D eigenvalue weighted by atomic mass is 31.2. The lowest BCUT2D eigenvalue weighted by molar-refractivity contribution is -0.0705. The van der Waals surface area contributed by atoms with Gasteiger partial charge >= 0.3 is 44.8 Å². The molecule has 0 aliphatic carbocycles. The van der Waals surface area contributed by atoms with Gasteiger partial charge in [0.25, 0.3) is 33.4 Å². The molecule has 0 spiro atoms. The van der Waals surface area contributed by atoms with Gasteiger partial charge in [-0.3, -0.25) is 113 Å². The Hall–Kier alpha value is -12.9. The number of fused-ring (bicyclic) bond motifs is 5. The van der Waals surface area contributed by atoms with E-state index in [9.17, 15) is 86.0 Å². The molecular formula is C73H84N27O33P5. The van der Waals surface area contributed by atoms with Crippen LogP contribution in [0.5, 0.6) is 11.5 Å². The summed E-state index contributed by atoms with van der Waals surface area (Å²) in [4.78, 5) is 203. The molecule has 16 rings (SSSR count). The van der Waals surface area contributed by atoms with Crippen molar-refractivity contribution in [3.05, 3.63) is 212 Å². The van der Waals surface area contributed by atoms with Crippen molar-refractivity contribution in [2.75, 3.05) is 68.3 Å². The van der Waals surface area contributed by atoms with E-state index in [1.165, 1.54) is 17.7 Å². The van der Waals surface area contributed by atoms with Gasteiger partial charge in [-0.05, 0) is 35.7 Å². The first-order valence-electron chi connectivity index (χ1n) is 40.9. The number of aliphatic hydroxyl groups is 1. The molecule has 138 heavy (non-hydrogen) atoms. The van der Waals surface area contributed by atoms with Gasteiger partial charge in [0.05, 0.1) is 110 Å². The number of nitrogens with two attached hydrogens (primary N) is 5. The average Bonchev–Trinajstić information content (AvgIpc) is 1.62. The summed E-state index contributed by atoms with van der Waals surface area (Å²) in [5, 5.41) is 11.0. The molecule has 0 radical (unpaired) electrons. The molecule has 0 bridgehead atoms. The molecule has 60 nitrogen and oxygen atoms in total. The molecule has 13 heterocycles. The first-order valence-corrected chi connectivity index (χ1v) is 48.3. The van der Waals surface area contributed by atoms with Gasteiger partial charge in [0.2, 0.25) is 29.7 Å². The Morgan fingerprint density at radius 3 is 1.22 bits per heavy atom. The normalized spacial score (nSPS) is 19.5. The number of nitrogens with one attached hydrogen (secondary N) is 6. The van der Waals surface area contributed by atoms with Gasteiger partial charge in [0.1, 0.15) is 68.4 Å². The number of phosphoric ester groups is 5. The number of H-pyrrole nitrogens is 6. The Balaban J connectivity index is 0.629. The van der Waals surface area contributed by atoms with Crippen LogP contribution in [0.1, 0.15) is 47.6 Å². The Morgan fingerprint density at radius 2 is 0.783 bits per heavy atom. The topological polar surface area (TPSA) is 848 Å². The highest BCUT2D eigenvalue weighted by Crippen LogP contribution is 2.55. The summed E-state index contributed by atoms with van der Waals surface area (Å²) >= 11 is 0. The summed E-state index contributed by atoms with van der Waals surface area (Å²) < 4.78 is 165. The SMILES string of the molecule is Cc1cn([C@H]2C[C@H](OP(=O)(O)OC[C@H]3O[C@@H](n4cnc5c(=O)[nH]c(N)nc54)C[C@@H]3OP(=O)(O)OC[C@@H](Cn3cnc4c(=O)[nH]c(N)nc43)OP(=O)(O)OC[C@@H](Cn3cnc4c(=O)[nH]c(N)nc43)OP(=O)(O)OC[C@@H](Cn3cnc4c(=O)[nH]c(N)nc43)OP(=O)(O)OC[C@H](O)Cn3cnc4c(=O)[nH]c(N)nc43)[C@@H](COCc3ccc(OCc4ccccc4)c(OCc4ccccc4)c3)O2)c(=O)[nH]c1=O. The number of ether oxygens (including phenoxy) is 5. The van der Waals surface area contributed by atoms with Crippen molar-refractivity contribution in [2.24, 2.45) is 0 Å². The van der Waals surface area contributed by atoms with E-state index in [1.807, 2.05) is 60.7 Å². The molecule has 5 unspecified atom stereocenters. The summed E-state index contributed by atoms with van der Waals surface area (Å²) in [6.45, 7) is -7.83. The van der Waals surface area contributed by atoms with Gasteiger partial charge in [-0.15, -0.1) is 0 Å². The fraction of sp³-hybridized carbons (Fsp3) is 0.356. The minimum Gasteiger partial charge on any atom is -0.485 e. The zero-order valence-corrected chi connectivity index (χ0v) is 75.8. The predicted molar refractivity (Wildman–Crippen MR) is 473 cm³/mol. The van der Waals surface area contributed by atoms with Crippen molar-refractivity contribution in [1.29, 1.82) is 0 Å². The Morgan fingerprint density at radius 1 is 0.413 bits per heavy atom. The molecule has 2 fully saturated rings. The molecule has 2 aliphatic rings. The monoisotopic (exact) mass is 2020 g/mol. The molecule has 0 saturated carbocycles. The van der Waals surface area contributed by atoms with Crippen LogP contribution in [0.3, 0.4) is 0 Å². The average molecular weight is 2020 g/mol. The Kier molecular flexibility index (Phi) is 29.2. The minimum absolute atomic E-state index is 0.0851. The van der Waals surface area contributed by atoms with E-state index in [2.05, 4.69) is 79.7 Å². The lowest BCUT2D eigenvalue weighted by Crippen LogP contribution is -2.33. The van der Waals surface area contributed by atoms with E-state index >= 15 is 0 Å². The van der Waals surface area contributed by atoms with Crippen LogP contribution in [-0.2, 0) is 128 Å². The highest BCUT2D eigenvalue weighted by Gasteiger charge is 2.48. The van der Waals surface area contributed by atoms with Crippen molar-refractivity contribution in [3.63, 3.8) is 0 Å². The molecule has 3 aromatic carbocycles. The standard InChI is InChI=1S/C73H84N27O33P5/c1-36-17-99(73(108)94-62(36)102)50-15-46(48(127-50)29-119-22-39-12-13-44(120-23-37-8-4-2-5-9-37)45(14-39)121-24-38-10-6-3-7-11-38)132-138(117,118)126-30-49-47(16-51(128-49)100-35-83-56-61(100)88-72(78)93-67(56)107)133-137(115,116)125-28-43(21-98-34-82-55-60(98)87-71(77)92-66(55)106)131-136(113,114)124-27-42(20-97-33-81-54-59(97)86-70(76)91-65(54)105)130-135(111,112)123-26-41(19-96-32-80-53-58(96)85-69(75)90-64(53)104)129-134(109,110)122-25-40(101)18-95-31-79-52-57(95)84-68(74)89-63(52)103/h2-14,17,31-35,40-43,46-51,101H,15-16,18-30H2,1H3,(H,109,110)(H,111,112)(H,113,114)(H,115,116)(H,117,118)(H,94,102,108)(H3,74,84,89,103)(H3,75,85,90,104)(H3,76,86,91,105)(H3,77,87,92,106)(H3,78,88,93,107)/t40-,41-,42-,43-,46+,47+,48-,49-,50-,51-/m1/s1. The molecule has 22 N–H and O–H groups in total. The molecule has 11 aromatic heterocycles. The molecule has 2 aliphatic heterocycles. The van der Waals surface area contributed by atoms with Gasteiger partial charge in [0, 0.05) is 24.6 Å². The van der Waals surface area contributed by atoms with Crippen LogP contribution in [-0.4, -0.2) is 225 Å². The van der Waals surface area contributed by atoms with Gasteiger partial charge in [0.15, 0.2) is 67.3 Å². The van der Waals surface area contributed by atoms with Crippen LogP contribution < -0.4 is 77.2 Å². The summed E-state index contributed by atoms with van der Waals surface area (Å²) in [7, 11) is -28.5. The molecule has 734 valence electrons. The number of aromatic amines is 6. The van der Waals surface area contributed by atoms with Gasteiger partial charge < -0.3 is 100 Å². The number of nitrogens with zero attached hydrogens (tertiary/aromatic N) is 16. The summed E-state index contributed by atoms with van der Waals surface area (Å²) in [6, 6.07) is 23.9. The number of rotatable bonds is 45. The van der Waals surface area contributed by atoms with Crippen molar-refractivity contribution >= 4 is 125 Å². The third kappa shape index (κ3) is 24.1. The van der Waals surface area contributed by atoms with Gasteiger partial charge in [-0.1, -0.05) is 66.7 Å². The second-order valence-corrected chi connectivity index (χ2v) is 37.9. The van der Waals surface area contributed by atoms with Crippen LogP contribution in [0.15, 0.2) is 150 Å². The first kappa shape index (κ1) is 98.1. The van der Waals surface area contributed by atoms with E-state index in [1.54, 1.807) is 18.2 Å². The number of hydrogen-bond acceptors (Lipinski definition) is 43. The second kappa shape index (κ2) is 41.0. The lowest BCUT2D eigenvalue weighted by Gasteiger charge is -2.26. The molecule has 15 atom stereocenters. The van der Waals surface area contributed by atoms with Crippen LogP contribution in [0.25, 0.3) is 55.8 Å². The maximum Gasteiger partial charge on any atom is 0.472 e. The van der Waals surface area contributed by atoms with E-state index in [0.717, 1.165) is 65.6 Å². The zero-order chi connectivity index (χ0) is 97.9. The van der Waals surface area contributed by atoms with E-state index < -0.39 is 235 Å². The van der Waals surface area contributed by atoms with Gasteiger partial charge in [-0.25, -0.2) is 52.5 Å². The molecular weight excluding hydrogens is 1940 g/mol. The maximum atomic E-state index is 14.7. The molecule has 0 amide bonds. The molecule has 2 saturated heterocycles. The number of aromatic nitrogens is 22. The Labute approximate surface area is 768 Å². The largest absolute Gasteiger partial charge is 0.485 e. The van der Waals surface area contributed by atoms with Crippen LogP contribution in [0.4, 0.5) is 29.7 Å². The summed E-state index contributed by atoms with van der Waals surface area (Å²) in [6.07, 6.45) is -11.7. The number of benzene rings is 3. The van der Waals surface area contributed by atoms with Crippen molar-refractivity contribution in [3.8, 4) is 11.5 Å². The van der Waals surface area contributed by atoms with E-state index in [0.29, 0.717) is 17.1 Å². The van der Waals surface area contributed by atoms with Crippen molar-refractivity contribution < 1.29 is 121 Å². The third-order valence-corrected chi connectivity index (χ3v) is 25.8. The minimum atomic E-state index is -5.90. The fourth-order valence-corrected chi connectivity index (χ4v) is 19.2. The maximum absolute atomic E-state index is 14.7. The van der Waals surface area contributed by atoms with Crippen LogP contribution >= 0.6 is 39.1 Å². The predicted octanol–water partition coefficient (Wildman–Crippen LogP) is 0.244. The van der Waals surface area contributed by atoms with Crippen molar-refractivity contribution in [1.82, 2.24) is 107 Å². The van der Waals surface area contributed by atoms with Crippen LogP contribution in [0, 0.1) is 6.92 Å². The first-order chi connectivity index (χ1) is 65.7. The third-order valence-electron chi connectivity index (χ3n) is 20.7. The number of hydrogen-bond donors (Lipinski definition) is 17. The Bertz CT molecular complexity index is 7560. The highest BCUT2D eigenvalue weighted by molar-refractivity contribution is 7.48. The zero-order valence-electron chi connectivity index (χ0n) is 71.3. The molecule has 65 heteroatoms. The number of aryl methyl sites for hydroxylation is 1. The molecule has 14 aromatic rings. The van der Waals surface area contributed by atoms with Gasteiger partial charge in [-0.2, -0.15) is 24.9 Å².